The third-order valence-corrected chi connectivity index (χ3v) is 7.24. The van der Waals surface area contributed by atoms with Crippen LogP contribution in [0.25, 0.3) is 0 Å². The fourth-order valence-corrected chi connectivity index (χ4v) is 5.05. The van der Waals surface area contributed by atoms with E-state index in [1.54, 1.807) is 0 Å². The van der Waals surface area contributed by atoms with E-state index in [1.807, 2.05) is 6.92 Å². The molecule has 1 atom stereocenters. The van der Waals surface area contributed by atoms with Gasteiger partial charge in [0.1, 0.15) is 0 Å². The zero-order valence-corrected chi connectivity index (χ0v) is 23.0. The first kappa shape index (κ1) is 33.0. The first-order valence-electron chi connectivity index (χ1n) is 12.6. The van der Waals surface area contributed by atoms with Crippen LogP contribution in [0.4, 0.5) is 0 Å². The van der Waals surface area contributed by atoms with Crippen LogP contribution in [-0.2, 0) is 10.1 Å². The summed E-state index contributed by atoms with van der Waals surface area (Å²) in [6, 6.07) is 0. The predicted octanol–water partition coefficient (Wildman–Crippen LogP) is 4.11. The van der Waals surface area contributed by atoms with Crippen molar-refractivity contribution < 1.29 is 47.6 Å². The molecule has 0 rings (SSSR count). The Morgan fingerprint density at radius 1 is 0.600 bits per heavy atom. The Morgan fingerprint density at radius 2 is 0.900 bits per heavy atom. The van der Waals surface area contributed by atoms with Crippen LogP contribution in [0.15, 0.2) is 0 Å². The average Bonchev–Trinajstić information content (AvgIpc) is 2.68. The molecule has 0 radical (unpaired) electrons. The van der Waals surface area contributed by atoms with E-state index in [1.165, 1.54) is 89.9 Å². The van der Waals surface area contributed by atoms with Crippen molar-refractivity contribution in [2.75, 3.05) is 6.61 Å². The third kappa shape index (κ3) is 23.5. The van der Waals surface area contributed by atoms with Gasteiger partial charge in [-0.05, 0) is 19.3 Å². The zero-order valence-electron chi connectivity index (χ0n) is 20.2. The van der Waals surface area contributed by atoms with Crippen LogP contribution in [0.3, 0.4) is 0 Å². The van der Waals surface area contributed by atoms with E-state index in [0.29, 0.717) is 19.4 Å². The van der Waals surface area contributed by atoms with Crippen molar-refractivity contribution in [3.8, 4) is 0 Å². The number of hydrogen-bond acceptors (Lipinski definition) is 4. The Balaban J connectivity index is 0. The van der Waals surface area contributed by atoms with Gasteiger partial charge in [-0.15, -0.1) is 0 Å². The average molecular weight is 457 g/mol. The first-order chi connectivity index (χ1) is 14.0. The van der Waals surface area contributed by atoms with Crippen LogP contribution in [0, 0.1) is 0 Å². The van der Waals surface area contributed by atoms with Crippen molar-refractivity contribution in [1.82, 2.24) is 0 Å². The maximum absolute atomic E-state index is 11.2. The van der Waals surface area contributed by atoms with Gasteiger partial charge in [0.05, 0.1) is 10.1 Å². The fraction of sp³-hybridized carbons (Fsp3) is 1.00. The molecule has 1 N–H and O–H groups in total. The van der Waals surface area contributed by atoms with Crippen LogP contribution in [0.1, 0.15) is 142 Å². The quantitative estimate of drug-likeness (QED) is 0.143. The van der Waals surface area contributed by atoms with Gasteiger partial charge in [-0.3, -0.25) is 0 Å². The minimum atomic E-state index is -4.11. The number of aliphatic hydroxyl groups is 1. The van der Waals surface area contributed by atoms with Crippen molar-refractivity contribution in [1.29, 1.82) is 0 Å². The first-order valence-corrected chi connectivity index (χ1v) is 14.0. The molecular weight excluding hydrogens is 407 g/mol. The second-order valence-electron chi connectivity index (χ2n) is 8.78. The summed E-state index contributed by atoms with van der Waals surface area (Å²) in [6.07, 6.45) is 24.5. The molecule has 1 unspecified atom stereocenters. The standard InChI is InChI=1S/C24H50O4S.Na/c1-2-21-24(29(26,27)28)22-19-17-15-13-11-9-7-5-3-4-6-8-10-12-14-16-18-20-23-25;/h24-25H,2-23H2,1H3,(H,26,27,28);/q;+1/p-1. The van der Waals surface area contributed by atoms with E-state index in [-0.39, 0.29) is 29.6 Å². The summed E-state index contributed by atoms with van der Waals surface area (Å²) >= 11 is 0. The van der Waals surface area contributed by atoms with Crippen molar-refractivity contribution in [2.45, 2.75) is 147 Å². The molecule has 6 heteroatoms. The Bertz CT molecular complexity index is 429. The molecule has 0 heterocycles. The van der Waals surface area contributed by atoms with Gasteiger partial charge in [-0.1, -0.05) is 122 Å². The molecule has 0 amide bonds. The second-order valence-corrected chi connectivity index (χ2v) is 10.4. The normalized spacial score (nSPS) is 12.6. The van der Waals surface area contributed by atoms with Crippen molar-refractivity contribution in [3.63, 3.8) is 0 Å². The summed E-state index contributed by atoms with van der Waals surface area (Å²) in [5, 5.41) is 8.07. The predicted molar refractivity (Wildman–Crippen MR) is 123 cm³/mol. The third-order valence-electron chi connectivity index (χ3n) is 5.95. The summed E-state index contributed by atoms with van der Waals surface area (Å²) in [4.78, 5) is 0. The minimum Gasteiger partial charge on any atom is -0.748 e. The molecule has 0 bridgehead atoms. The van der Waals surface area contributed by atoms with Crippen LogP contribution in [0.2, 0.25) is 0 Å². The van der Waals surface area contributed by atoms with E-state index in [0.717, 1.165) is 32.1 Å². The van der Waals surface area contributed by atoms with Gasteiger partial charge in [-0.25, -0.2) is 8.42 Å². The van der Waals surface area contributed by atoms with E-state index in [9.17, 15) is 13.0 Å². The molecule has 0 aromatic carbocycles. The molecule has 0 aromatic heterocycles. The van der Waals surface area contributed by atoms with Gasteiger partial charge in [0, 0.05) is 11.9 Å². The van der Waals surface area contributed by atoms with Crippen LogP contribution < -0.4 is 29.6 Å². The molecule has 30 heavy (non-hydrogen) atoms. The minimum absolute atomic E-state index is 0. The van der Waals surface area contributed by atoms with Gasteiger partial charge in [0.2, 0.25) is 0 Å². The summed E-state index contributed by atoms with van der Waals surface area (Å²) in [5.41, 5.74) is 0. The topological polar surface area (TPSA) is 77.4 Å². The Kier molecular flexibility index (Phi) is 27.0. The fourth-order valence-electron chi connectivity index (χ4n) is 4.07. The number of rotatable bonds is 23. The molecule has 176 valence electrons. The van der Waals surface area contributed by atoms with Gasteiger partial charge in [0.25, 0.3) is 0 Å². The smallest absolute Gasteiger partial charge is 0.748 e. The second kappa shape index (κ2) is 24.5. The summed E-state index contributed by atoms with van der Waals surface area (Å²) in [7, 11) is -4.11. The number of aliphatic hydroxyl groups excluding tert-OH is 1. The molecule has 0 aliphatic heterocycles. The van der Waals surface area contributed by atoms with E-state index < -0.39 is 15.4 Å². The SMILES string of the molecule is CCCC(CCCCCCCCCCCCCCCCCCCCO)S(=O)(=O)[O-].[Na+]. The number of unbranched alkanes of at least 4 members (excludes halogenated alkanes) is 17. The largest absolute Gasteiger partial charge is 1.00 e. The van der Waals surface area contributed by atoms with Crippen molar-refractivity contribution in [3.05, 3.63) is 0 Å². The Morgan fingerprint density at radius 3 is 1.17 bits per heavy atom. The van der Waals surface area contributed by atoms with E-state index >= 15 is 0 Å². The zero-order chi connectivity index (χ0) is 21.6. The van der Waals surface area contributed by atoms with E-state index in [4.69, 9.17) is 5.11 Å². The molecule has 0 fully saturated rings. The van der Waals surface area contributed by atoms with Crippen LogP contribution in [-0.4, -0.2) is 29.9 Å². The molecule has 4 nitrogen and oxygen atoms in total. The van der Waals surface area contributed by atoms with Crippen molar-refractivity contribution >= 4 is 10.1 Å². The summed E-state index contributed by atoms with van der Waals surface area (Å²) < 4.78 is 33.5. The summed E-state index contributed by atoms with van der Waals surface area (Å²) in [5.74, 6) is 0. The van der Waals surface area contributed by atoms with Gasteiger partial charge >= 0.3 is 29.6 Å². The van der Waals surface area contributed by atoms with Gasteiger partial charge < -0.3 is 9.66 Å². The molecule has 0 saturated heterocycles. The molecular formula is C24H49NaO4S. The Hall–Kier alpha value is 0.870. The van der Waals surface area contributed by atoms with Gasteiger partial charge in [-0.2, -0.15) is 0 Å². The Labute approximate surface area is 210 Å². The van der Waals surface area contributed by atoms with E-state index in [2.05, 4.69) is 0 Å². The van der Waals surface area contributed by atoms with Crippen LogP contribution >= 0.6 is 0 Å². The molecule has 0 spiro atoms. The maximum Gasteiger partial charge on any atom is 1.00 e. The summed E-state index contributed by atoms with van der Waals surface area (Å²) in [6.45, 7) is 2.28. The number of hydrogen-bond donors (Lipinski definition) is 1. The molecule has 0 saturated carbocycles. The molecule has 0 aromatic rings. The monoisotopic (exact) mass is 456 g/mol. The molecule has 0 aliphatic rings. The van der Waals surface area contributed by atoms with Crippen molar-refractivity contribution in [2.24, 2.45) is 0 Å². The molecule has 0 aliphatic carbocycles. The maximum atomic E-state index is 11.2. The van der Waals surface area contributed by atoms with Gasteiger partial charge in [0.15, 0.2) is 0 Å². The van der Waals surface area contributed by atoms with Crippen LogP contribution in [0.5, 0.6) is 0 Å².